The quantitative estimate of drug-likeness (QED) is 0.347. The van der Waals surface area contributed by atoms with Gasteiger partial charge in [0.2, 0.25) is 0 Å². The predicted molar refractivity (Wildman–Crippen MR) is 99.7 cm³/mol. The number of hydrogen-bond donors (Lipinski definition) is 1. The van der Waals surface area contributed by atoms with Crippen molar-refractivity contribution in [3.63, 3.8) is 0 Å². The number of carboxylic acids is 1. The maximum absolute atomic E-state index is 12.5. The van der Waals surface area contributed by atoms with E-state index in [0.717, 1.165) is 12.7 Å². The monoisotopic (exact) mass is 392 g/mol. The molecule has 28 heavy (non-hydrogen) atoms. The third-order valence-electron chi connectivity index (χ3n) is 3.74. The van der Waals surface area contributed by atoms with Crippen molar-refractivity contribution in [3.8, 4) is 5.75 Å². The molecule has 0 aliphatic carbocycles. The summed E-state index contributed by atoms with van der Waals surface area (Å²) in [6, 6.07) is 6.92. The first kappa shape index (κ1) is 22.9. The van der Waals surface area contributed by atoms with Gasteiger partial charge in [0.25, 0.3) is 0 Å². The number of rotatable bonds is 11. The Morgan fingerprint density at radius 1 is 1.14 bits per heavy atom. The molecule has 0 saturated heterocycles. The van der Waals surface area contributed by atoms with Gasteiger partial charge in [-0.1, -0.05) is 24.8 Å². The van der Waals surface area contributed by atoms with Crippen molar-refractivity contribution in [2.75, 3.05) is 20.8 Å². The van der Waals surface area contributed by atoms with E-state index >= 15 is 0 Å². The van der Waals surface area contributed by atoms with E-state index in [9.17, 15) is 19.5 Å². The fourth-order valence-corrected chi connectivity index (χ4v) is 2.32. The molecule has 8 nitrogen and oxygen atoms in total. The summed E-state index contributed by atoms with van der Waals surface area (Å²) in [5.74, 6) is -2.20. The molecule has 0 fully saturated rings. The zero-order valence-electron chi connectivity index (χ0n) is 16.1. The minimum Gasteiger partial charge on any atom is -0.497 e. The van der Waals surface area contributed by atoms with Gasteiger partial charge < -0.3 is 24.1 Å². The van der Waals surface area contributed by atoms with Crippen LogP contribution in [-0.4, -0.2) is 49.9 Å². The van der Waals surface area contributed by atoms with E-state index in [2.05, 4.69) is 11.3 Å². The Labute approximate surface area is 163 Å². The van der Waals surface area contributed by atoms with Gasteiger partial charge in [0.1, 0.15) is 18.5 Å². The van der Waals surface area contributed by atoms with E-state index in [0.29, 0.717) is 5.75 Å². The second-order valence-electron chi connectivity index (χ2n) is 5.66. The van der Waals surface area contributed by atoms with Gasteiger partial charge in [-0.15, -0.1) is 0 Å². The molecule has 0 unspecified atom stereocenters. The highest BCUT2D eigenvalue weighted by Crippen LogP contribution is 2.21. The van der Waals surface area contributed by atoms with Crippen molar-refractivity contribution in [3.05, 3.63) is 53.6 Å². The van der Waals surface area contributed by atoms with Crippen LogP contribution < -0.4 is 4.74 Å². The van der Waals surface area contributed by atoms with Gasteiger partial charge in [0, 0.05) is 5.57 Å². The lowest BCUT2D eigenvalue weighted by atomic mass is 10.0. The lowest BCUT2D eigenvalue weighted by molar-refractivity contribution is -0.144. The largest absolute Gasteiger partial charge is 0.497 e. The van der Waals surface area contributed by atoms with Gasteiger partial charge in [-0.25, -0.2) is 9.59 Å². The molecule has 1 rings (SSSR count). The first-order valence-electron chi connectivity index (χ1n) is 8.37. The Kier molecular flexibility index (Phi) is 9.45. The number of aliphatic carboxylic acids is 1. The van der Waals surface area contributed by atoms with Crippen LogP contribution in [0.2, 0.25) is 0 Å². The topological polar surface area (TPSA) is 108 Å². The molecule has 0 aliphatic rings. The maximum atomic E-state index is 12.5. The second kappa shape index (κ2) is 11.6. The molecule has 1 aromatic carbocycles. The molecule has 0 spiro atoms. The van der Waals surface area contributed by atoms with Gasteiger partial charge in [0.05, 0.1) is 32.8 Å². The zero-order valence-corrected chi connectivity index (χ0v) is 16.1. The minimum absolute atomic E-state index is 0.00856. The fourth-order valence-electron chi connectivity index (χ4n) is 2.32. The molecule has 0 bridgehead atoms. The number of hydrogen-bond acceptors (Lipinski definition) is 7. The molecular formula is C20H24O8. The SMILES string of the molecule is C=CCOC(=O)/C(=C(/C)C(=O)OC)[C@@H](CC(=O)O)OCc1ccc(OC)cc1. The van der Waals surface area contributed by atoms with Gasteiger partial charge in [-0.2, -0.15) is 0 Å². The van der Waals surface area contributed by atoms with Crippen LogP contribution in [0.3, 0.4) is 0 Å². The second-order valence-corrected chi connectivity index (χ2v) is 5.66. The van der Waals surface area contributed by atoms with Gasteiger partial charge in [-0.3, -0.25) is 4.79 Å². The summed E-state index contributed by atoms with van der Waals surface area (Å²) >= 11 is 0. The van der Waals surface area contributed by atoms with Crippen LogP contribution in [0.15, 0.2) is 48.1 Å². The third-order valence-corrected chi connectivity index (χ3v) is 3.74. The molecule has 0 saturated carbocycles. The summed E-state index contributed by atoms with van der Waals surface area (Å²) in [6.45, 7) is 4.71. The molecule has 1 aromatic rings. The number of esters is 2. The van der Waals surface area contributed by atoms with Gasteiger partial charge in [0.15, 0.2) is 0 Å². The van der Waals surface area contributed by atoms with E-state index in [-0.39, 0.29) is 24.4 Å². The van der Waals surface area contributed by atoms with Crippen LogP contribution in [0, 0.1) is 0 Å². The summed E-state index contributed by atoms with van der Waals surface area (Å²) in [7, 11) is 2.69. The number of methoxy groups -OCH3 is 2. The average Bonchev–Trinajstić information content (AvgIpc) is 2.69. The van der Waals surface area contributed by atoms with E-state index in [1.54, 1.807) is 24.3 Å². The van der Waals surface area contributed by atoms with E-state index in [4.69, 9.17) is 14.2 Å². The standard InChI is InChI=1S/C20H24O8/c1-5-10-27-20(24)18(13(2)19(23)26-4)16(11-17(21)22)28-12-14-6-8-15(25-3)9-7-14/h5-9,16H,1,10-12H2,2-4H3,(H,21,22)/b18-13-/t16-/m1/s1. The van der Waals surface area contributed by atoms with Crippen molar-refractivity contribution < 1.29 is 38.4 Å². The highest BCUT2D eigenvalue weighted by molar-refractivity contribution is 6.01. The molecule has 152 valence electrons. The van der Waals surface area contributed by atoms with Crippen molar-refractivity contribution in [1.82, 2.24) is 0 Å². The zero-order chi connectivity index (χ0) is 21.1. The Morgan fingerprint density at radius 2 is 1.79 bits per heavy atom. The molecule has 1 N–H and O–H groups in total. The van der Waals surface area contributed by atoms with Gasteiger partial charge in [-0.05, 0) is 24.6 Å². The highest BCUT2D eigenvalue weighted by Gasteiger charge is 2.30. The van der Waals surface area contributed by atoms with Crippen LogP contribution in [0.1, 0.15) is 18.9 Å². The minimum atomic E-state index is -1.21. The normalized spacial score (nSPS) is 12.4. The number of carbonyl (C=O) groups is 3. The third kappa shape index (κ3) is 6.88. The smallest absolute Gasteiger partial charge is 0.337 e. The Balaban J connectivity index is 3.16. The maximum Gasteiger partial charge on any atom is 0.337 e. The summed E-state index contributed by atoms with van der Waals surface area (Å²) in [6.07, 6.45) is -0.396. The van der Waals surface area contributed by atoms with E-state index < -0.39 is 30.4 Å². The molecule has 8 heteroatoms. The summed E-state index contributed by atoms with van der Waals surface area (Å²) in [5, 5.41) is 9.23. The predicted octanol–water partition coefficient (Wildman–Crippen LogP) is 2.27. The number of ether oxygens (including phenoxy) is 4. The van der Waals surface area contributed by atoms with Crippen LogP contribution in [0.5, 0.6) is 5.75 Å². The number of carbonyl (C=O) groups excluding carboxylic acids is 2. The van der Waals surface area contributed by atoms with Gasteiger partial charge >= 0.3 is 17.9 Å². The van der Waals surface area contributed by atoms with Crippen LogP contribution in [-0.2, 0) is 35.2 Å². The Morgan fingerprint density at radius 3 is 2.29 bits per heavy atom. The molecule has 0 aliphatic heterocycles. The lowest BCUT2D eigenvalue weighted by Gasteiger charge is -2.20. The number of benzene rings is 1. The molecular weight excluding hydrogens is 368 g/mol. The molecule has 0 amide bonds. The molecule has 0 aromatic heterocycles. The average molecular weight is 392 g/mol. The summed E-state index contributed by atoms with van der Waals surface area (Å²) in [5.41, 5.74) is 0.438. The number of carboxylic acid groups (broad SMARTS) is 1. The van der Waals surface area contributed by atoms with E-state index in [1.165, 1.54) is 20.1 Å². The fraction of sp³-hybridized carbons (Fsp3) is 0.350. The van der Waals surface area contributed by atoms with Crippen molar-refractivity contribution in [2.24, 2.45) is 0 Å². The van der Waals surface area contributed by atoms with Crippen LogP contribution in [0.4, 0.5) is 0 Å². The Bertz CT molecular complexity index is 733. The molecule has 0 heterocycles. The Hall–Kier alpha value is -3.13. The summed E-state index contributed by atoms with van der Waals surface area (Å²) in [4.78, 5) is 35.7. The first-order valence-corrected chi connectivity index (χ1v) is 8.37. The van der Waals surface area contributed by atoms with Crippen molar-refractivity contribution in [1.29, 1.82) is 0 Å². The van der Waals surface area contributed by atoms with Crippen molar-refractivity contribution >= 4 is 17.9 Å². The van der Waals surface area contributed by atoms with Crippen LogP contribution >= 0.6 is 0 Å². The van der Waals surface area contributed by atoms with Crippen LogP contribution in [0.25, 0.3) is 0 Å². The first-order chi connectivity index (χ1) is 13.3. The summed E-state index contributed by atoms with van der Waals surface area (Å²) < 4.78 is 20.4. The molecule has 0 radical (unpaired) electrons. The molecule has 1 atom stereocenters. The van der Waals surface area contributed by atoms with E-state index in [1.807, 2.05) is 0 Å². The highest BCUT2D eigenvalue weighted by atomic mass is 16.5. The van der Waals surface area contributed by atoms with Crippen molar-refractivity contribution in [2.45, 2.75) is 26.1 Å². The lowest BCUT2D eigenvalue weighted by Crippen LogP contribution is -2.29.